The van der Waals surface area contributed by atoms with Crippen LogP contribution < -0.4 is 10.6 Å². The summed E-state index contributed by atoms with van der Waals surface area (Å²) in [5.41, 5.74) is 1.86. The molecule has 3 heteroatoms. The van der Waals surface area contributed by atoms with Crippen molar-refractivity contribution in [3.8, 4) is 0 Å². The van der Waals surface area contributed by atoms with Gasteiger partial charge in [-0.1, -0.05) is 19.4 Å². The molecule has 0 fully saturated rings. The Hall–Kier alpha value is -1.51. The lowest BCUT2D eigenvalue weighted by atomic mass is 10.2. The first-order valence-electron chi connectivity index (χ1n) is 5.33. The van der Waals surface area contributed by atoms with E-state index in [9.17, 15) is 4.79 Å². The third kappa shape index (κ3) is 4.02. The second-order valence-electron chi connectivity index (χ2n) is 3.68. The lowest BCUT2D eigenvalue weighted by Crippen LogP contribution is -2.14. The Bertz CT molecular complexity index is 312. The molecule has 0 aliphatic rings. The van der Waals surface area contributed by atoms with Gasteiger partial charge in [0.15, 0.2) is 0 Å². The van der Waals surface area contributed by atoms with Gasteiger partial charge >= 0.3 is 0 Å². The molecule has 0 heterocycles. The molecular formula is C12H18N2O. The largest absolute Gasteiger partial charge is 0.383 e. The molecule has 0 radical (unpaired) electrons. The first kappa shape index (κ1) is 11.6. The van der Waals surface area contributed by atoms with Crippen molar-refractivity contribution in [3.63, 3.8) is 0 Å². The smallest absolute Gasteiger partial charge is 0.211 e. The molecule has 82 valence electrons. The van der Waals surface area contributed by atoms with Crippen LogP contribution in [-0.2, 0) is 4.79 Å². The Labute approximate surface area is 90.9 Å². The van der Waals surface area contributed by atoms with E-state index < -0.39 is 0 Å². The Morgan fingerprint density at radius 1 is 1.40 bits per heavy atom. The molecule has 0 aliphatic carbocycles. The van der Waals surface area contributed by atoms with E-state index in [-0.39, 0.29) is 0 Å². The summed E-state index contributed by atoms with van der Waals surface area (Å²) in [5.74, 6) is 0. The van der Waals surface area contributed by atoms with E-state index in [1.807, 2.05) is 24.3 Å². The molecule has 0 aromatic heterocycles. The summed E-state index contributed by atoms with van der Waals surface area (Å²) < 4.78 is 0. The highest BCUT2D eigenvalue weighted by atomic mass is 16.1. The topological polar surface area (TPSA) is 41.1 Å². The van der Waals surface area contributed by atoms with E-state index in [0.717, 1.165) is 17.8 Å². The molecule has 1 aromatic carbocycles. The second kappa shape index (κ2) is 6.06. The molecule has 1 unspecified atom stereocenters. The molecule has 0 saturated heterocycles. The molecule has 0 bridgehead atoms. The van der Waals surface area contributed by atoms with Gasteiger partial charge in [0, 0.05) is 17.4 Å². The molecule has 0 saturated carbocycles. The van der Waals surface area contributed by atoms with E-state index in [1.165, 1.54) is 6.42 Å². The zero-order valence-electron chi connectivity index (χ0n) is 9.29. The number of rotatable bonds is 6. The normalized spacial score (nSPS) is 11.9. The standard InChI is InChI=1S/C12H18N2O/c1-3-5-10(2)14-12-7-4-6-11(8-12)13-9-15/h4,6-10,14H,3,5H2,1-2H3,(H,13,15). The van der Waals surface area contributed by atoms with Gasteiger partial charge in [-0.2, -0.15) is 0 Å². The molecule has 1 amide bonds. The lowest BCUT2D eigenvalue weighted by Gasteiger charge is -2.14. The highest BCUT2D eigenvalue weighted by Crippen LogP contribution is 2.16. The van der Waals surface area contributed by atoms with Gasteiger partial charge in [0.1, 0.15) is 0 Å². The maximum absolute atomic E-state index is 10.3. The fourth-order valence-electron chi connectivity index (χ4n) is 1.56. The SMILES string of the molecule is CCCC(C)Nc1cccc(NC=O)c1. The lowest BCUT2D eigenvalue weighted by molar-refractivity contribution is -0.105. The number of nitrogens with one attached hydrogen (secondary N) is 2. The Morgan fingerprint density at radius 3 is 2.80 bits per heavy atom. The molecule has 0 spiro atoms. The van der Waals surface area contributed by atoms with Crippen molar-refractivity contribution < 1.29 is 4.79 Å². The molecular weight excluding hydrogens is 188 g/mol. The fourth-order valence-corrected chi connectivity index (χ4v) is 1.56. The van der Waals surface area contributed by atoms with E-state index >= 15 is 0 Å². The van der Waals surface area contributed by atoms with Crippen LogP contribution in [0.2, 0.25) is 0 Å². The van der Waals surface area contributed by atoms with Crippen LogP contribution in [0, 0.1) is 0 Å². The van der Waals surface area contributed by atoms with Crippen molar-refractivity contribution in [2.75, 3.05) is 10.6 Å². The number of anilines is 2. The van der Waals surface area contributed by atoms with Crippen molar-refractivity contribution >= 4 is 17.8 Å². The first-order valence-corrected chi connectivity index (χ1v) is 5.33. The van der Waals surface area contributed by atoms with Crippen LogP contribution in [0.3, 0.4) is 0 Å². The van der Waals surface area contributed by atoms with Crippen LogP contribution in [0.1, 0.15) is 26.7 Å². The predicted octanol–water partition coefficient (Wildman–Crippen LogP) is 2.86. The molecule has 0 aliphatic heterocycles. The zero-order chi connectivity index (χ0) is 11.1. The van der Waals surface area contributed by atoms with Gasteiger partial charge in [-0.25, -0.2) is 0 Å². The van der Waals surface area contributed by atoms with Crippen LogP contribution in [-0.4, -0.2) is 12.5 Å². The van der Waals surface area contributed by atoms with Gasteiger partial charge in [0.2, 0.25) is 6.41 Å². The number of amides is 1. The van der Waals surface area contributed by atoms with Crippen LogP contribution in [0.25, 0.3) is 0 Å². The van der Waals surface area contributed by atoms with Crippen LogP contribution in [0.5, 0.6) is 0 Å². The zero-order valence-corrected chi connectivity index (χ0v) is 9.29. The minimum Gasteiger partial charge on any atom is -0.383 e. The minimum atomic E-state index is 0.460. The van der Waals surface area contributed by atoms with Gasteiger partial charge in [0.25, 0.3) is 0 Å². The van der Waals surface area contributed by atoms with Gasteiger partial charge < -0.3 is 10.6 Å². The summed E-state index contributed by atoms with van der Waals surface area (Å²) >= 11 is 0. The van der Waals surface area contributed by atoms with Crippen molar-refractivity contribution in [2.24, 2.45) is 0 Å². The van der Waals surface area contributed by atoms with E-state index in [0.29, 0.717) is 12.5 Å². The monoisotopic (exact) mass is 206 g/mol. The Morgan fingerprint density at radius 2 is 2.13 bits per heavy atom. The number of carbonyl (C=O) groups excluding carboxylic acids is 1. The highest BCUT2D eigenvalue weighted by molar-refractivity contribution is 5.73. The minimum absolute atomic E-state index is 0.460. The number of hydrogen-bond donors (Lipinski definition) is 2. The van der Waals surface area contributed by atoms with Gasteiger partial charge in [-0.3, -0.25) is 4.79 Å². The average molecular weight is 206 g/mol. The number of benzene rings is 1. The Balaban J connectivity index is 2.60. The van der Waals surface area contributed by atoms with Crippen molar-refractivity contribution in [1.82, 2.24) is 0 Å². The highest BCUT2D eigenvalue weighted by Gasteiger charge is 2.00. The predicted molar refractivity (Wildman–Crippen MR) is 64.1 cm³/mol. The average Bonchev–Trinajstić information content (AvgIpc) is 2.19. The van der Waals surface area contributed by atoms with Crippen LogP contribution >= 0.6 is 0 Å². The number of carbonyl (C=O) groups is 1. The van der Waals surface area contributed by atoms with Crippen molar-refractivity contribution in [2.45, 2.75) is 32.7 Å². The summed E-state index contributed by atoms with van der Waals surface area (Å²) in [6, 6.07) is 8.18. The second-order valence-corrected chi connectivity index (χ2v) is 3.68. The third-order valence-electron chi connectivity index (χ3n) is 2.22. The van der Waals surface area contributed by atoms with E-state index in [1.54, 1.807) is 0 Å². The summed E-state index contributed by atoms with van der Waals surface area (Å²) in [5, 5.41) is 6.02. The van der Waals surface area contributed by atoms with Crippen molar-refractivity contribution in [1.29, 1.82) is 0 Å². The van der Waals surface area contributed by atoms with E-state index in [4.69, 9.17) is 0 Å². The summed E-state index contributed by atoms with van der Waals surface area (Å²) in [4.78, 5) is 10.3. The summed E-state index contributed by atoms with van der Waals surface area (Å²) in [7, 11) is 0. The molecule has 2 N–H and O–H groups in total. The van der Waals surface area contributed by atoms with Crippen molar-refractivity contribution in [3.05, 3.63) is 24.3 Å². The van der Waals surface area contributed by atoms with Gasteiger partial charge in [-0.15, -0.1) is 0 Å². The third-order valence-corrected chi connectivity index (χ3v) is 2.22. The van der Waals surface area contributed by atoms with Gasteiger partial charge in [-0.05, 0) is 31.5 Å². The number of hydrogen-bond acceptors (Lipinski definition) is 2. The molecule has 1 atom stereocenters. The van der Waals surface area contributed by atoms with Crippen LogP contribution in [0.4, 0.5) is 11.4 Å². The molecule has 1 aromatic rings. The Kier molecular flexibility index (Phi) is 4.68. The summed E-state index contributed by atoms with van der Waals surface area (Å²) in [6.45, 7) is 4.33. The van der Waals surface area contributed by atoms with Crippen LogP contribution in [0.15, 0.2) is 24.3 Å². The maximum Gasteiger partial charge on any atom is 0.211 e. The maximum atomic E-state index is 10.3. The molecule has 3 nitrogen and oxygen atoms in total. The quantitative estimate of drug-likeness (QED) is 0.703. The molecule has 15 heavy (non-hydrogen) atoms. The fraction of sp³-hybridized carbons (Fsp3) is 0.417. The molecule has 1 rings (SSSR count). The van der Waals surface area contributed by atoms with Gasteiger partial charge in [0.05, 0.1) is 0 Å². The first-order chi connectivity index (χ1) is 7.26. The summed E-state index contributed by atoms with van der Waals surface area (Å²) in [6.07, 6.45) is 3.00. The van der Waals surface area contributed by atoms with E-state index in [2.05, 4.69) is 24.5 Å².